The minimum atomic E-state index is -1.18. The Bertz CT molecular complexity index is 1020. The number of ether oxygens (including phenoxy) is 1. The molecule has 3 rings (SSSR count). The first-order valence-electron chi connectivity index (χ1n) is 10.1. The second kappa shape index (κ2) is 11.8. The molecule has 2 aromatic heterocycles. The first-order valence-corrected chi connectivity index (χ1v) is 10.1. The standard InChI is InChI=1S/C23H27FN4O3.HI/c1-4-25-22(28-15-23(3,29)20-10-5-16(2)30-20)27-14-17-11-12-26-21(13-17)31-19-8-6-18(24)7-9-19;/h5-13,29H,4,14-15H2,1-3H3,(H2,25,27,28);1H. The predicted octanol–water partition coefficient (Wildman–Crippen LogP) is 4.50. The largest absolute Gasteiger partial charge is 0.463 e. The van der Waals surface area contributed by atoms with Gasteiger partial charge in [0.15, 0.2) is 5.96 Å². The van der Waals surface area contributed by atoms with Crippen molar-refractivity contribution in [3.63, 3.8) is 0 Å². The first kappa shape index (κ1) is 25.6. The van der Waals surface area contributed by atoms with Gasteiger partial charge in [-0.1, -0.05) is 0 Å². The minimum absolute atomic E-state index is 0. The molecule has 0 radical (unpaired) electrons. The highest BCUT2D eigenvalue weighted by atomic mass is 127. The Morgan fingerprint density at radius 1 is 1.19 bits per heavy atom. The zero-order chi connectivity index (χ0) is 22.3. The highest BCUT2D eigenvalue weighted by Crippen LogP contribution is 2.22. The number of hydrogen-bond acceptors (Lipinski definition) is 5. The lowest BCUT2D eigenvalue weighted by Gasteiger charge is -2.22. The smallest absolute Gasteiger partial charge is 0.219 e. The molecule has 9 heteroatoms. The van der Waals surface area contributed by atoms with Gasteiger partial charge in [0, 0.05) is 18.8 Å². The molecule has 0 fully saturated rings. The molecule has 0 saturated heterocycles. The summed E-state index contributed by atoms with van der Waals surface area (Å²) in [6, 6.07) is 12.9. The van der Waals surface area contributed by atoms with Gasteiger partial charge in [0.25, 0.3) is 0 Å². The second-order valence-corrected chi connectivity index (χ2v) is 7.29. The van der Waals surface area contributed by atoms with Gasteiger partial charge in [0.1, 0.15) is 28.7 Å². The number of benzene rings is 1. The van der Waals surface area contributed by atoms with Crippen LogP contribution in [-0.4, -0.2) is 29.1 Å². The van der Waals surface area contributed by atoms with Crippen LogP contribution in [0.15, 0.2) is 64.1 Å². The summed E-state index contributed by atoms with van der Waals surface area (Å²) in [4.78, 5) is 8.75. The number of rotatable bonds is 8. The molecule has 0 amide bonds. The van der Waals surface area contributed by atoms with Crippen LogP contribution in [-0.2, 0) is 12.1 Å². The summed E-state index contributed by atoms with van der Waals surface area (Å²) in [5.41, 5.74) is -0.296. The average Bonchev–Trinajstić information content (AvgIpc) is 3.19. The molecular weight excluding hydrogens is 526 g/mol. The topological polar surface area (TPSA) is 91.9 Å². The van der Waals surface area contributed by atoms with Crippen LogP contribution in [0.3, 0.4) is 0 Å². The van der Waals surface area contributed by atoms with Crippen LogP contribution in [0.25, 0.3) is 0 Å². The SMILES string of the molecule is CCNC(=NCc1ccnc(Oc2ccc(F)cc2)c1)NCC(C)(O)c1ccc(C)o1.I. The summed E-state index contributed by atoms with van der Waals surface area (Å²) in [6.45, 7) is 6.75. The molecule has 32 heavy (non-hydrogen) atoms. The summed E-state index contributed by atoms with van der Waals surface area (Å²) in [7, 11) is 0. The van der Waals surface area contributed by atoms with Gasteiger partial charge in [0.2, 0.25) is 5.88 Å². The molecule has 0 bridgehead atoms. The molecule has 1 aromatic carbocycles. The fourth-order valence-electron chi connectivity index (χ4n) is 2.81. The quantitative estimate of drug-likeness (QED) is 0.216. The molecule has 0 aliphatic heterocycles. The molecule has 2 heterocycles. The number of pyridine rings is 1. The van der Waals surface area contributed by atoms with E-state index < -0.39 is 5.60 Å². The third kappa shape index (κ3) is 7.49. The van der Waals surface area contributed by atoms with Gasteiger partial charge < -0.3 is 24.9 Å². The van der Waals surface area contributed by atoms with Crippen molar-refractivity contribution >= 4 is 29.9 Å². The Balaban J connectivity index is 0.00000363. The van der Waals surface area contributed by atoms with E-state index in [-0.39, 0.29) is 36.3 Å². The van der Waals surface area contributed by atoms with Gasteiger partial charge in [-0.05, 0) is 68.8 Å². The Morgan fingerprint density at radius 3 is 2.59 bits per heavy atom. The van der Waals surface area contributed by atoms with Crippen molar-refractivity contribution in [3.8, 4) is 11.6 Å². The zero-order valence-electron chi connectivity index (χ0n) is 18.3. The number of aromatic nitrogens is 1. The minimum Gasteiger partial charge on any atom is -0.463 e. The number of aliphatic imine (C=N–C) groups is 1. The number of aryl methyl sites for hydroxylation is 1. The molecule has 3 N–H and O–H groups in total. The Labute approximate surface area is 204 Å². The number of furan rings is 1. The van der Waals surface area contributed by atoms with Gasteiger partial charge in [-0.25, -0.2) is 14.4 Å². The predicted molar refractivity (Wildman–Crippen MR) is 132 cm³/mol. The highest BCUT2D eigenvalue weighted by Gasteiger charge is 2.27. The molecule has 7 nitrogen and oxygen atoms in total. The molecular formula is C23H28FIN4O3. The lowest BCUT2D eigenvalue weighted by molar-refractivity contribution is 0.0378. The van der Waals surface area contributed by atoms with Gasteiger partial charge in [-0.2, -0.15) is 0 Å². The van der Waals surface area contributed by atoms with E-state index in [2.05, 4.69) is 20.6 Å². The van der Waals surface area contributed by atoms with E-state index in [0.29, 0.717) is 36.4 Å². The molecule has 0 aliphatic carbocycles. The average molecular weight is 554 g/mol. The van der Waals surface area contributed by atoms with Crippen LogP contribution in [0.1, 0.15) is 30.9 Å². The maximum Gasteiger partial charge on any atom is 0.219 e. The van der Waals surface area contributed by atoms with Crippen LogP contribution >= 0.6 is 24.0 Å². The first-order chi connectivity index (χ1) is 14.9. The molecule has 0 aliphatic rings. The van der Waals surface area contributed by atoms with Gasteiger partial charge in [0.05, 0.1) is 13.1 Å². The number of nitrogens with one attached hydrogen (secondary N) is 2. The number of aliphatic hydroxyl groups is 1. The van der Waals surface area contributed by atoms with Gasteiger partial charge in [-0.3, -0.25) is 0 Å². The van der Waals surface area contributed by atoms with Crippen LogP contribution in [0.4, 0.5) is 4.39 Å². The maximum absolute atomic E-state index is 13.0. The normalized spacial score (nSPS) is 13.1. The van der Waals surface area contributed by atoms with Gasteiger partial charge in [-0.15, -0.1) is 24.0 Å². The molecule has 1 atom stereocenters. The molecule has 3 aromatic rings. The lowest BCUT2D eigenvalue weighted by Crippen LogP contribution is -2.44. The summed E-state index contributed by atoms with van der Waals surface area (Å²) in [5, 5.41) is 17.0. The number of guanidine groups is 1. The van der Waals surface area contributed by atoms with Crippen LogP contribution in [0.2, 0.25) is 0 Å². The van der Waals surface area contributed by atoms with E-state index in [1.165, 1.54) is 12.1 Å². The number of halogens is 2. The van der Waals surface area contributed by atoms with E-state index in [9.17, 15) is 9.50 Å². The molecule has 0 saturated carbocycles. The van der Waals surface area contributed by atoms with Crippen molar-refractivity contribution in [3.05, 3.63) is 77.6 Å². The van der Waals surface area contributed by atoms with E-state index in [4.69, 9.17) is 9.15 Å². The number of nitrogens with zero attached hydrogens (tertiary/aromatic N) is 2. The van der Waals surface area contributed by atoms with Crippen molar-refractivity contribution < 1.29 is 18.7 Å². The summed E-state index contributed by atoms with van der Waals surface area (Å²) in [5.74, 6) is 2.36. The van der Waals surface area contributed by atoms with E-state index in [1.54, 1.807) is 37.4 Å². The molecule has 172 valence electrons. The Hall–Kier alpha value is -2.66. The van der Waals surface area contributed by atoms with Crippen LogP contribution in [0, 0.1) is 12.7 Å². The molecule has 1 unspecified atom stereocenters. The van der Waals surface area contributed by atoms with Crippen molar-refractivity contribution in [2.45, 2.75) is 32.9 Å². The Morgan fingerprint density at radius 2 is 1.94 bits per heavy atom. The third-order valence-corrected chi connectivity index (χ3v) is 4.47. The van der Waals surface area contributed by atoms with Crippen molar-refractivity contribution in [2.24, 2.45) is 4.99 Å². The second-order valence-electron chi connectivity index (χ2n) is 7.29. The summed E-state index contributed by atoms with van der Waals surface area (Å²) in [6.07, 6.45) is 1.63. The summed E-state index contributed by atoms with van der Waals surface area (Å²) < 4.78 is 24.3. The molecule has 0 spiro atoms. The van der Waals surface area contributed by atoms with Crippen LogP contribution < -0.4 is 15.4 Å². The number of hydrogen-bond donors (Lipinski definition) is 3. The van der Waals surface area contributed by atoms with Crippen molar-refractivity contribution in [1.82, 2.24) is 15.6 Å². The van der Waals surface area contributed by atoms with E-state index in [1.807, 2.05) is 26.0 Å². The van der Waals surface area contributed by atoms with Gasteiger partial charge >= 0.3 is 0 Å². The Kier molecular flexibility index (Phi) is 9.45. The van der Waals surface area contributed by atoms with Crippen molar-refractivity contribution in [1.29, 1.82) is 0 Å². The third-order valence-electron chi connectivity index (χ3n) is 4.47. The summed E-state index contributed by atoms with van der Waals surface area (Å²) >= 11 is 0. The fraction of sp³-hybridized carbons (Fsp3) is 0.304. The van der Waals surface area contributed by atoms with E-state index in [0.717, 1.165) is 11.3 Å². The van der Waals surface area contributed by atoms with E-state index >= 15 is 0 Å². The lowest BCUT2D eigenvalue weighted by atomic mass is 10.0. The van der Waals surface area contributed by atoms with Crippen LogP contribution in [0.5, 0.6) is 11.6 Å². The van der Waals surface area contributed by atoms with Crippen molar-refractivity contribution in [2.75, 3.05) is 13.1 Å². The zero-order valence-corrected chi connectivity index (χ0v) is 20.6. The highest BCUT2D eigenvalue weighted by molar-refractivity contribution is 14.0. The maximum atomic E-state index is 13.0. The monoisotopic (exact) mass is 554 g/mol. The fourth-order valence-corrected chi connectivity index (χ4v) is 2.81.